The van der Waals surface area contributed by atoms with E-state index in [1.165, 1.54) is 4.90 Å². The fraction of sp³-hybridized carbons (Fsp3) is 0.370. The van der Waals surface area contributed by atoms with Crippen LogP contribution in [0, 0.1) is 12.3 Å². The molecule has 0 aromatic heterocycles. The third-order valence-electron chi connectivity index (χ3n) is 5.06. The van der Waals surface area contributed by atoms with E-state index in [9.17, 15) is 19.5 Å². The monoisotopic (exact) mass is 479 g/mol. The second-order valence-corrected chi connectivity index (χ2v) is 8.88. The number of amides is 3. The van der Waals surface area contributed by atoms with Crippen molar-refractivity contribution < 1.29 is 24.2 Å². The summed E-state index contributed by atoms with van der Waals surface area (Å²) < 4.78 is 5.21. The SMILES string of the molecule is C#Cc1ccc(C(C(=O)NCc2ccccc2)N(CC)C(=O)C(CO)NC(=O)OC(C)(C)C)cc1. The molecule has 2 rings (SSSR count). The lowest BCUT2D eigenvalue weighted by molar-refractivity contribution is -0.143. The number of aliphatic hydroxyl groups is 1. The number of likely N-dealkylation sites (N-methyl/N-ethyl adjacent to an activating group) is 1. The number of aliphatic hydroxyl groups excluding tert-OH is 1. The van der Waals surface area contributed by atoms with Gasteiger partial charge in [-0.3, -0.25) is 9.59 Å². The highest BCUT2D eigenvalue weighted by Gasteiger charge is 2.35. The lowest BCUT2D eigenvalue weighted by Gasteiger charge is -2.33. The van der Waals surface area contributed by atoms with Gasteiger partial charge in [0.15, 0.2) is 0 Å². The van der Waals surface area contributed by atoms with E-state index in [4.69, 9.17) is 11.2 Å². The van der Waals surface area contributed by atoms with E-state index >= 15 is 0 Å². The standard InChI is InChI=1S/C27H33N3O5/c1-6-19-13-15-21(16-14-19)23(24(32)28-17-20-11-9-8-10-12-20)30(7-2)25(33)22(18-31)29-26(34)35-27(3,4)5/h1,8-16,22-23,31H,7,17-18H2,2-5H3,(H,28,32)(H,29,34). The van der Waals surface area contributed by atoms with E-state index in [0.717, 1.165) is 5.56 Å². The maximum Gasteiger partial charge on any atom is 0.408 e. The Balaban J connectivity index is 2.33. The number of hydrogen-bond donors (Lipinski definition) is 3. The number of nitrogens with one attached hydrogen (secondary N) is 2. The Labute approximate surface area is 206 Å². The molecule has 0 aliphatic heterocycles. The van der Waals surface area contributed by atoms with Crippen LogP contribution in [0.5, 0.6) is 0 Å². The molecule has 2 aromatic carbocycles. The Morgan fingerprint density at radius 1 is 1.09 bits per heavy atom. The molecule has 0 heterocycles. The number of hydrogen-bond acceptors (Lipinski definition) is 5. The molecule has 0 fully saturated rings. The summed E-state index contributed by atoms with van der Waals surface area (Å²) in [6.07, 6.45) is 4.61. The summed E-state index contributed by atoms with van der Waals surface area (Å²) in [7, 11) is 0. The third kappa shape index (κ3) is 8.16. The van der Waals surface area contributed by atoms with Crippen LogP contribution >= 0.6 is 0 Å². The van der Waals surface area contributed by atoms with Crippen LogP contribution in [0.15, 0.2) is 54.6 Å². The van der Waals surface area contributed by atoms with Crippen molar-refractivity contribution in [3.63, 3.8) is 0 Å². The molecule has 0 aliphatic rings. The van der Waals surface area contributed by atoms with Gasteiger partial charge in [-0.15, -0.1) is 6.42 Å². The predicted molar refractivity (Wildman–Crippen MR) is 133 cm³/mol. The summed E-state index contributed by atoms with van der Waals surface area (Å²) in [5.74, 6) is 1.49. The van der Waals surface area contributed by atoms with Crippen molar-refractivity contribution in [3.05, 3.63) is 71.3 Å². The topological polar surface area (TPSA) is 108 Å². The largest absolute Gasteiger partial charge is 0.444 e. The molecule has 186 valence electrons. The van der Waals surface area contributed by atoms with Gasteiger partial charge in [0.25, 0.3) is 0 Å². The number of terminal acetylenes is 1. The Hall–Kier alpha value is -3.83. The van der Waals surface area contributed by atoms with E-state index < -0.39 is 42.2 Å². The smallest absolute Gasteiger partial charge is 0.408 e. The van der Waals surface area contributed by atoms with E-state index in [0.29, 0.717) is 11.1 Å². The molecule has 0 saturated carbocycles. The summed E-state index contributed by atoms with van der Waals surface area (Å²) >= 11 is 0. The third-order valence-corrected chi connectivity index (χ3v) is 5.06. The minimum absolute atomic E-state index is 0.144. The molecule has 3 N–H and O–H groups in total. The van der Waals surface area contributed by atoms with Crippen molar-refractivity contribution in [2.75, 3.05) is 13.2 Å². The normalized spacial score (nSPS) is 12.6. The van der Waals surface area contributed by atoms with Gasteiger partial charge in [-0.25, -0.2) is 4.79 Å². The van der Waals surface area contributed by atoms with Crippen LogP contribution < -0.4 is 10.6 Å². The van der Waals surface area contributed by atoms with Gasteiger partial charge in [-0.05, 0) is 51.0 Å². The second-order valence-electron chi connectivity index (χ2n) is 8.88. The van der Waals surface area contributed by atoms with Crippen molar-refractivity contribution in [1.82, 2.24) is 15.5 Å². The van der Waals surface area contributed by atoms with Crippen LogP contribution in [-0.2, 0) is 20.9 Å². The van der Waals surface area contributed by atoms with Crippen LogP contribution in [0.25, 0.3) is 0 Å². The first-order chi connectivity index (χ1) is 16.6. The zero-order valence-electron chi connectivity index (χ0n) is 20.6. The minimum atomic E-state index is -1.29. The summed E-state index contributed by atoms with van der Waals surface area (Å²) in [5, 5.41) is 15.1. The highest BCUT2D eigenvalue weighted by atomic mass is 16.6. The van der Waals surface area contributed by atoms with E-state index in [1.54, 1.807) is 52.0 Å². The summed E-state index contributed by atoms with van der Waals surface area (Å²) in [6.45, 7) is 6.53. The van der Waals surface area contributed by atoms with E-state index in [-0.39, 0.29) is 13.1 Å². The van der Waals surface area contributed by atoms with Crippen LogP contribution in [0.4, 0.5) is 4.79 Å². The van der Waals surface area contributed by atoms with Gasteiger partial charge in [0.1, 0.15) is 17.7 Å². The molecule has 0 saturated heterocycles. The molecular weight excluding hydrogens is 446 g/mol. The van der Waals surface area contributed by atoms with Gasteiger partial charge in [0.2, 0.25) is 11.8 Å². The number of alkyl carbamates (subject to hydrolysis) is 1. The zero-order chi connectivity index (χ0) is 26.0. The van der Waals surface area contributed by atoms with Gasteiger partial charge in [0, 0.05) is 18.7 Å². The zero-order valence-corrected chi connectivity index (χ0v) is 20.6. The molecule has 8 nitrogen and oxygen atoms in total. The number of nitrogens with zero attached hydrogens (tertiary/aromatic N) is 1. The average Bonchev–Trinajstić information content (AvgIpc) is 2.83. The van der Waals surface area contributed by atoms with Gasteiger partial charge < -0.3 is 25.4 Å². The molecule has 3 amide bonds. The Morgan fingerprint density at radius 2 is 1.71 bits per heavy atom. The summed E-state index contributed by atoms with van der Waals surface area (Å²) in [5.41, 5.74) is 1.29. The van der Waals surface area contributed by atoms with Crippen LogP contribution in [0.2, 0.25) is 0 Å². The molecule has 0 bridgehead atoms. The Bertz CT molecular complexity index is 1040. The van der Waals surface area contributed by atoms with Crippen LogP contribution in [0.3, 0.4) is 0 Å². The number of carbonyl (C=O) groups is 3. The van der Waals surface area contributed by atoms with Crippen molar-refractivity contribution in [2.45, 2.75) is 51.9 Å². The average molecular weight is 480 g/mol. The van der Waals surface area contributed by atoms with Crippen molar-refractivity contribution in [1.29, 1.82) is 0 Å². The number of carbonyl (C=O) groups excluding carboxylic acids is 3. The molecule has 35 heavy (non-hydrogen) atoms. The fourth-order valence-corrected chi connectivity index (χ4v) is 3.42. The van der Waals surface area contributed by atoms with Gasteiger partial charge >= 0.3 is 6.09 Å². The predicted octanol–water partition coefficient (Wildman–Crippen LogP) is 2.76. The maximum atomic E-state index is 13.4. The number of rotatable bonds is 9. The minimum Gasteiger partial charge on any atom is -0.444 e. The highest BCUT2D eigenvalue weighted by Crippen LogP contribution is 2.23. The van der Waals surface area contributed by atoms with E-state index in [1.807, 2.05) is 30.3 Å². The van der Waals surface area contributed by atoms with Crippen LogP contribution in [-0.4, -0.2) is 52.7 Å². The highest BCUT2D eigenvalue weighted by molar-refractivity contribution is 5.92. The lowest BCUT2D eigenvalue weighted by Crippen LogP contribution is -2.54. The molecule has 8 heteroatoms. The second kappa shape index (κ2) is 12.6. The molecule has 2 atom stereocenters. The Morgan fingerprint density at radius 3 is 2.23 bits per heavy atom. The van der Waals surface area contributed by atoms with Crippen molar-refractivity contribution >= 4 is 17.9 Å². The molecular formula is C27H33N3O5. The number of benzene rings is 2. The Kier molecular flexibility index (Phi) is 9.86. The van der Waals surface area contributed by atoms with Gasteiger partial charge in [0.05, 0.1) is 6.61 Å². The molecule has 0 spiro atoms. The van der Waals surface area contributed by atoms with Crippen LogP contribution in [0.1, 0.15) is 50.4 Å². The first-order valence-corrected chi connectivity index (χ1v) is 11.4. The fourth-order valence-electron chi connectivity index (χ4n) is 3.42. The quantitative estimate of drug-likeness (QED) is 0.480. The lowest BCUT2D eigenvalue weighted by atomic mass is 10.0. The molecule has 0 aliphatic carbocycles. The first-order valence-electron chi connectivity index (χ1n) is 11.4. The molecule has 0 radical (unpaired) electrons. The van der Waals surface area contributed by atoms with Crippen molar-refractivity contribution in [3.8, 4) is 12.3 Å². The summed E-state index contributed by atoms with van der Waals surface area (Å²) in [6, 6.07) is 13.8. The van der Waals surface area contributed by atoms with Gasteiger partial charge in [-0.2, -0.15) is 0 Å². The first kappa shape index (κ1) is 27.4. The maximum absolute atomic E-state index is 13.4. The number of ether oxygens (including phenoxy) is 1. The molecule has 2 aromatic rings. The van der Waals surface area contributed by atoms with Gasteiger partial charge in [-0.1, -0.05) is 48.4 Å². The summed E-state index contributed by atoms with van der Waals surface area (Å²) in [4.78, 5) is 40.3. The van der Waals surface area contributed by atoms with Crippen molar-refractivity contribution in [2.24, 2.45) is 0 Å². The van der Waals surface area contributed by atoms with E-state index in [2.05, 4.69) is 16.6 Å². The molecule has 2 unspecified atom stereocenters.